The van der Waals surface area contributed by atoms with Crippen LogP contribution in [0.1, 0.15) is 45.8 Å². The molecule has 3 rings (SSSR count). The number of furan rings is 1. The molecule has 7 nitrogen and oxygen atoms in total. The third-order valence-electron chi connectivity index (χ3n) is 4.56. The minimum atomic E-state index is -3.76. The number of carbonyl (C=O) groups excluding carboxylic acids is 1. The number of aryl methyl sites for hydroxylation is 2. The minimum Gasteiger partial charge on any atom is -0.455 e. The second-order valence-electron chi connectivity index (χ2n) is 6.87. The van der Waals surface area contributed by atoms with Crippen LogP contribution in [0.25, 0.3) is 0 Å². The van der Waals surface area contributed by atoms with Crippen LogP contribution >= 0.6 is 0 Å². The summed E-state index contributed by atoms with van der Waals surface area (Å²) in [7, 11) is -0.437. The molecule has 1 amide bonds. The van der Waals surface area contributed by atoms with Crippen molar-refractivity contribution in [3.8, 4) is 0 Å². The van der Waals surface area contributed by atoms with Crippen LogP contribution in [0.5, 0.6) is 0 Å². The molecule has 1 aromatic heterocycles. The minimum absolute atomic E-state index is 0.154. The number of benzene rings is 1. The van der Waals surface area contributed by atoms with Crippen molar-refractivity contribution in [1.29, 1.82) is 0 Å². The first kappa shape index (κ1) is 19.2. The largest absolute Gasteiger partial charge is 0.455 e. The zero-order chi connectivity index (χ0) is 19.8. The van der Waals surface area contributed by atoms with E-state index in [9.17, 15) is 13.2 Å². The van der Waals surface area contributed by atoms with E-state index in [1.54, 1.807) is 45.3 Å². The SMILES string of the molecule is Cc1ccc(S(=O)(=O)N/N=C2\CCCc3oc(C(=O)N(C)C)c(C)c32)cc1. The van der Waals surface area contributed by atoms with Crippen LogP contribution in [0.2, 0.25) is 0 Å². The smallest absolute Gasteiger partial charge is 0.289 e. The third-order valence-corrected chi connectivity index (χ3v) is 5.78. The van der Waals surface area contributed by atoms with E-state index in [0.29, 0.717) is 29.9 Å². The summed E-state index contributed by atoms with van der Waals surface area (Å²) < 4.78 is 30.7. The molecule has 0 spiro atoms. The average Bonchev–Trinajstić information content (AvgIpc) is 2.97. The number of fused-ring (bicyclic) bond motifs is 1. The maximum atomic E-state index is 12.5. The summed E-state index contributed by atoms with van der Waals surface area (Å²) in [5, 5.41) is 4.17. The fourth-order valence-corrected chi connectivity index (χ4v) is 3.90. The van der Waals surface area contributed by atoms with E-state index < -0.39 is 10.0 Å². The van der Waals surface area contributed by atoms with Gasteiger partial charge in [0, 0.05) is 31.6 Å². The van der Waals surface area contributed by atoms with Gasteiger partial charge in [0.25, 0.3) is 15.9 Å². The maximum absolute atomic E-state index is 12.5. The highest BCUT2D eigenvalue weighted by Gasteiger charge is 2.29. The van der Waals surface area contributed by atoms with E-state index >= 15 is 0 Å². The predicted molar refractivity (Wildman–Crippen MR) is 102 cm³/mol. The van der Waals surface area contributed by atoms with Crippen LogP contribution in [0.15, 0.2) is 38.7 Å². The van der Waals surface area contributed by atoms with Crippen LogP contribution in [0, 0.1) is 13.8 Å². The van der Waals surface area contributed by atoms with E-state index in [0.717, 1.165) is 17.5 Å². The standard InChI is InChI=1S/C19H23N3O4S/c1-12-8-10-14(11-9-12)27(24,25)21-20-15-6-5-7-16-17(15)13(2)18(26-16)19(23)22(3)4/h8-11,21H,5-7H2,1-4H3/b20-15+. The lowest BCUT2D eigenvalue weighted by atomic mass is 9.93. The Morgan fingerprint density at radius 2 is 1.81 bits per heavy atom. The number of hydrogen-bond acceptors (Lipinski definition) is 5. The van der Waals surface area contributed by atoms with Crippen molar-refractivity contribution in [3.63, 3.8) is 0 Å². The second-order valence-corrected chi connectivity index (χ2v) is 8.53. The molecule has 1 heterocycles. The van der Waals surface area contributed by atoms with Crippen molar-refractivity contribution in [2.45, 2.75) is 38.0 Å². The lowest BCUT2D eigenvalue weighted by Gasteiger charge is -2.14. The lowest BCUT2D eigenvalue weighted by Crippen LogP contribution is -2.23. The van der Waals surface area contributed by atoms with E-state index in [-0.39, 0.29) is 16.6 Å². The summed E-state index contributed by atoms with van der Waals surface area (Å²) in [5.41, 5.74) is 2.99. The van der Waals surface area contributed by atoms with Crippen LogP contribution in [-0.4, -0.2) is 39.0 Å². The van der Waals surface area contributed by atoms with Crippen LogP contribution < -0.4 is 4.83 Å². The van der Waals surface area contributed by atoms with Gasteiger partial charge in [0.1, 0.15) is 5.76 Å². The van der Waals surface area contributed by atoms with Gasteiger partial charge in [0.2, 0.25) is 0 Å². The van der Waals surface area contributed by atoms with Gasteiger partial charge in [-0.3, -0.25) is 4.79 Å². The van der Waals surface area contributed by atoms with E-state index in [1.807, 2.05) is 6.92 Å². The molecular formula is C19H23N3O4S. The molecule has 0 fully saturated rings. The van der Waals surface area contributed by atoms with Crippen LogP contribution in [0.4, 0.5) is 0 Å². The number of sulfonamides is 1. The predicted octanol–water partition coefficient (Wildman–Crippen LogP) is 2.62. The van der Waals surface area contributed by atoms with Crippen molar-refractivity contribution in [1.82, 2.24) is 9.73 Å². The van der Waals surface area contributed by atoms with E-state index in [2.05, 4.69) is 9.93 Å². The summed E-state index contributed by atoms with van der Waals surface area (Å²) in [6.45, 7) is 3.69. The Labute approximate surface area is 159 Å². The topological polar surface area (TPSA) is 92.0 Å². The molecule has 144 valence electrons. The molecule has 2 aromatic rings. The Kier molecular flexibility index (Phi) is 5.10. The Morgan fingerprint density at radius 1 is 1.15 bits per heavy atom. The molecule has 0 saturated heterocycles. The van der Waals surface area contributed by atoms with Gasteiger partial charge in [-0.1, -0.05) is 17.7 Å². The summed E-state index contributed by atoms with van der Waals surface area (Å²) in [6, 6.07) is 6.56. The van der Waals surface area contributed by atoms with E-state index in [4.69, 9.17) is 4.42 Å². The van der Waals surface area contributed by atoms with Crippen molar-refractivity contribution >= 4 is 21.6 Å². The number of carbonyl (C=O) groups is 1. The molecule has 1 N–H and O–H groups in total. The van der Waals surface area contributed by atoms with Gasteiger partial charge in [0.05, 0.1) is 10.6 Å². The molecule has 8 heteroatoms. The number of nitrogens with one attached hydrogen (secondary N) is 1. The first-order valence-electron chi connectivity index (χ1n) is 8.70. The van der Waals surface area contributed by atoms with Gasteiger partial charge in [-0.05, 0) is 38.8 Å². The number of rotatable bonds is 4. The molecule has 27 heavy (non-hydrogen) atoms. The van der Waals surface area contributed by atoms with Gasteiger partial charge in [-0.25, -0.2) is 0 Å². The third kappa shape index (κ3) is 3.75. The van der Waals surface area contributed by atoms with Crippen molar-refractivity contribution in [2.75, 3.05) is 14.1 Å². The van der Waals surface area contributed by atoms with Gasteiger partial charge in [-0.2, -0.15) is 18.4 Å². The van der Waals surface area contributed by atoms with Crippen LogP contribution in [0.3, 0.4) is 0 Å². The fraction of sp³-hybridized carbons (Fsp3) is 0.368. The molecule has 1 aromatic carbocycles. The van der Waals surface area contributed by atoms with Gasteiger partial charge >= 0.3 is 0 Å². The number of nitrogens with zero attached hydrogens (tertiary/aromatic N) is 2. The van der Waals surface area contributed by atoms with Gasteiger partial charge in [-0.15, -0.1) is 0 Å². The van der Waals surface area contributed by atoms with Crippen LogP contribution in [-0.2, 0) is 16.4 Å². The summed E-state index contributed by atoms with van der Waals surface area (Å²) in [4.78, 5) is 16.2. The number of amides is 1. The zero-order valence-electron chi connectivity index (χ0n) is 15.9. The summed E-state index contributed by atoms with van der Waals surface area (Å²) >= 11 is 0. The first-order valence-corrected chi connectivity index (χ1v) is 10.2. The number of hydrogen-bond donors (Lipinski definition) is 1. The molecule has 0 saturated carbocycles. The fourth-order valence-electron chi connectivity index (χ4n) is 3.07. The second kappa shape index (κ2) is 7.19. The molecule has 0 bridgehead atoms. The summed E-state index contributed by atoms with van der Waals surface area (Å²) in [6.07, 6.45) is 2.08. The highest BCUT2D eigenvalue weighted by atomic mass is 32.2. The zero-order valence-corrected chi connectivity index (χ0v) is 16.7. The average molecular weight is 389 g/mol. The molecule has 1 aliphatic carbocycles. The Balaban J connectivity index is 1.93. The highest BCUT2D eigenvalue weighted by Crippen LogP contribution is 2.30. The Bertz CT molecular complexity index is 1000. The molecule has 1 aliphatic rings. The number of hydrazone groups is 1. The van der Waals surface area contributed by atoms with Gasteiger partial charge in [0.15, 0.2) is 5.76 Å². The van der Waals surface area contributed by atoms with Crippen molar-refractivity contribution < 1.29 is 17.6 Å². The molecule has 0 unspecified atom stereocenters. The Hall–Kier alpha value is -2.61. The van der Waals surface area contributed by atoms with E-state index in [1.165, 1.54) is 4.90 Å². The van der Waals surface area contributed by atoms with Gasteiger partial charge < -0.3 is 9.32 Å². The lowest BCUT2D eigenvalue weighted by molar-refractivity contribution is 0.0793. The normalized spacial score (nSPS) is 15.5. The highest BCUT2D eigenvalue weighted by molar-refractivity contribution is 7.89. The maximum Gasteiger partial charge on any atom is 0.289 e. The monoisotopic (exact) mass is 389 g/mol. The van der Waals surface area contributed by atoms with Crippen molar-refractivity contribution in [3.05, 3.63) is 52.5 Å². The quantitative estimate of drug-likeness (QED) is 0.814. The molecular weight excluding hydrogens is 366 g/mol. The Morgan fingerprint density at radius 3 is 2.44 bits per heavy atom. The molecule has 0 radical (unpaired) electrons. The van der Waals surface area contributed by atoms with Crippen molar-refractivity contribution in [2.24, 2.45) is 5.10 Å². The molecule has 0 aliphatic heterocycles. The first-order chi connectivity index (χ1) is 12.7. The molecule has 0 atom stereocenters. The summed E-state index contributed by atoms with van der Waals surface area (Å²) in [5.74, 6) is 0.736.